The third kappa shape index (κ3) is 2.58. The Hall–Kier alpha value is -1.39. The summed E-state index contributed by atoms with van der Waals surface area (Å²) in [6, 6.07) is 11.1. The van der Waals surface area contributed by atoms with Gasteiger partial charge in [0.1, 0.15) is 5.82 Å². The summed E-state index contributed by atoms with van der Waals surface area (Å²) in [6.07, 6.45) is 2.42. The Morgan fingerprint density at radius 3 is 2.83 bits per heavy atom. The molecule has 1 aliphatic heterocycles. The zero-order chi connectivity index (χ0) is 16.2. The third-order valence-corrected chi connectivity index (χ3v) is 5.37. The van der Waals surface area contributed by atoms with Crippen molar-refractivity contribution < 1.29 is 0 Å². The fourth-order valence-electron chi connectivity index (χ4n) is 3.80. The van der Waals surface area contributed by atoms with Gasteiger partial charge in [0.15, 0.2) is 0 Å². The van der Waals surface area contributed by atoms with Crippen LogP contribution in [0.1, 0.15) is 45.5 Å². The van der Waals surface area contributed by atoms with Gasteiger partial charge in [0.25, 0.3) is 0 Å². The van der Waals surface area contributed by atoms with Gasteiger partial charge < -0.3 is 4.98 Å². The number of H-pyrrole nitrogens is 1. The molecule has 0 saturated carbocycles. The fraction of sp³-hybridized carbons (Fsp3) is 0.421. The summed E-state index contributed by atoms with van der Waals surface area (Å²) >= 11 is 3.55. The first-order valence-corrected chi connectivity index (χ1v) is 9.07. The molecule has 120 valence electrons. The molecule has 0 amide bonds. The molecular formula is C19H22BrN3. The van der Waals surface area contributed by atoms with Crippen molar-refractivity contribution in [1.82, 2.24) is 14.9 Å². The summed E-state index contributed by atoms with van der Waals surface area (Å²) < 4.78 is 1.11. The molecule has 3 aromatic rings. The van der Waals surface area contributed by atoms with Gasteiger partial charge in [0.05, 0.1) is 17.1 Å². The van der Waals surface area contributed by atoms with E-state index in [2.05, 4.69) is 76.9 Å². The Morgan fingerprint density at radius 2 is 2.04 bits per heavy atom. The van der Waals surface area contributed by atoms with E-state index in [0.29, 0.717) is 6.04 Å². The van der Waals surface area contributed by atoms with Crippen molar-refractivity contribution in [2.75, 3.05) is 6.54 Å². The predicted molar refractivity (Wildman–Crippen MR) is 99.7 cm³/mol. The highest BCUT2D eigenvalue weighted by molar-refractivity contribution is 9.10. The van der Waals surface area contributed by atoms with Crippen LogP contribution in [0.25, 0.3) is 21.8 Å². The number of aromatic amines is 1. The van der Waals surface area contributed by atoms with E-state index in [1.54, 1.807) is 0 Å². The summed E-state index contributed by atoms with van der Waals surface area (Å²) in [5, 5.41) is 2.44. The molecule has 1 aromatic heterocycles. The second-order valence-electron chi connectivity index (χ2n) is 7.47. The van der Waals surface area contributed by atoms with Gasteiger partial charge in [-0.3, -0.25) is 4.90 Å². The van der Waals surface area contributed by atoms with E-state index >= 15 is 0 Å². The van der Waals surface area contributed by atoms with Crippen molar-refractivity contribution in [3.63, 3.8) is 0 Å². The SMILES string of the molecule is CC(C)(C)N1CCCC1c1nc2c(ccc3cc(Br)ccc32)[nH]1. The molecule has 1 N–H and O–H groups in total. The van der Waals surface area contributed by atoms with Crippen molar-refractivity contribution in [2.45, 2.75) is 45.2 Å². The van der Waals surface area contributed by atoms with Crippen LogP contribution in [-0.2, 0) is 0 Å². The van der Waals surface area contributed by atoms with E-state index < -0.39 is 0 Å². The zero-order valence-electron chi connectivity index (χ0n) is 13.9. The summed E-state index contributed by atoms with van der Waals surface area (Å²) in [6.45, 7) is 8.03. The molecule has 1 unspecified atom stereocenters. The van der Waals surface area contributed by atoms with Crippen molar-refractivity contribution >= 4 is 37.7 Å². The number of nitrogens with zero attached hydrogens (tertiary/aromatic N) is 2. The number of hydrogen-bond donors (Lipinski definition) is 1. The van der Waals surface area contributed by atoms with Gasteiger partial charge in [-0.05, 0) is 63.7 Å². The van der Waals surface area contributed by atoms with Gasteiger partial charge >= 0.3 is 0 Å². The molecule has 4 rings (SSSR count). The van der Waals surface area contributed by atoms with Crippen LogP contribution in [0.15, 0.2) is 34.8 Å². The van der Waals surface area contributed by atoms with Gasteiger partial charge in [0, 0.05) is 15.4 Å². The molecule has 0 bridgehead atoms. The Morgan fingerprint density at radius 1 is 1.22 bits per heavy atom. The van der Waals surface area contributed by atoms with Crippen LogP contribution in [0, 0.1) is 0 Å². The number of halogens is 1. The number of aromatic nitrogens is 2. The average molecular weight is 372 g/mol. The molecule has 0 spiro atoms. The van der Waals surface area contributed by atoms with Crippen molar-refractivity contribution in [1.29, 1.82) is 0 Å². The first kappa shape index (κ1) is 15.2. The van der Waals surface area contributed by atoms with E-state index in [9.17, 15) is 0 Å². The fourth-order valence-corrected chi connectivity index (χ4v) is 4.18. The molecule has 0 aliphatic carbocycles. The molecule has 0 radical (unpaired) electrons. The lowest BCUT2D eigenvalue weighted by atomic mass is 10.0. The van der Waals surface area contributed by atoms with Crippen LogP contribution in [0.3, 0.4) is 0 Å². The number of fused-ring (bicyclic) bond motifs is 3. The minimum atomic E-state index is 0.174. The van der Waals surface area contributed by atoms with Crippen molar-refractivity contribution in [2.24, 2.45) is 0 Å². The largest absolute Gasteiger partial charge is 0.341 e. The molecule has 1 atom stereocenters. The van der Waals surface area contributed by atoms with E-state index in [-0.39, 0.29) is 5.54 Å². The predicted octanol–water partition coefficient (Wildman–Crippen LogP) is 5.41. The maximum atomic E-state index is 5.00. The second-order valence-corrected chi connectivity index (χ2v) is 8.39. The van der Waals surface area contributed by atoms with E-state index in [1.807, 2.05) is 0 Å². The topological polar surface area (TPSA) is 31.9 Å². The van der Waals surface area contributed by atoms with Gasteiger partial charge in [0.2, 0.25) is 0 Å². The number of nitrogens with one attached hydrogen (secondary N) is 1. The molecule has 1 aliphatic rings. The number of imidazole rings is 1. The first-order chi connectivity index (χ1) is 10.9. The Kier molecular flexibility index (Phi) is 3.50. The molecule has 1 saturated heterocycles. The van der Waals surface area contributed by atoms with E-state index in [0.717, 1.165) is 27.9 Å². The average Bonchev–Trinajstić information content (AvgIpc) is 3.12. The number of hydrogen-bond acceptors (Lipinski definition) is 2. The van der Waals surface area contributed by atoms with E-state index in [4.69, 9.17) is 4.98 Å². The maximum Gasteiger partial charge on any atom is 0.124 e. The van der Waals surface area contributed by atoms with Crippen LogP contribution in [0.4, 0.5) is 0 Å². The molecule has 1 fully saturated rings. The van der Waals surface area contributed by atoms with Gasteiger partial charge in [-0.15, -0.1) is 0 Å². The summed E-state index contributed by atoms with van der Waals surface area (Å²) in [5.74, 6) is 1.11. The summed E-state index contributed by atoms with van der Waals surface area (Å²) in [4.78, 5) is 11.2. The second kappa shape index (κ2) is 5.32. The summed E-state index contributed by atoms with van der Waals surface area (Å²) in [7, 11) is 0. The lowest BCUT2D eigenvalue weighted by Crippen LogP contribution is -2.40. The number of likely N-dealkylation sites (tertiary alicyclic amines) is 1. The monoisotopic (exact) mass is 371 g/mol. The minimum absolute atomic E-state index is 0.174. The van der Waals surface area contributed by atoms with Crippen LogP contribution >= 0.6 is 15.9 Å². The first-order valence-electron chi connectivity index (χ1n) is 8.28. The highest BCUT2D eigenvalue weighted by Gasteiger charge is 2.35. The van der Waals surface area contributed by atoms with Gasteiger partial charge in [-0.25, -0.2) is 4.98 Å². The minimum Gasteiger partial charge on any atom is -0.341 e. The number of benzene rings is 2. The zero-order valence-corrected chi connectivity index (χ0v) is 15.4. The van der Waals surface area contributed by atoms with Crippen LogP contribution in [-0.4, -0.2) is 27.0 Å². The van der Waals surface area contributed by atoms with Gasteiger partial charge in [-0.2, -0.15) is 0 Å². The van der Waals surface area contributed by atoms with Crippen LogP contribution < -0.4 is 0 Å². The standard InChI is InChI=1S/C19H22BrN3/c1-19(2,3)23-10-4-5-16(23)18-21-15-9-6-12-11-13(20)7-8-14(12)17(15)22-18/h6-9,11,16H,4-5,10H2,1-3H3,(H,21,22). The highest BCUT2D eigenvalue weighted by Crippen LogP contribution is 2.37. The van der Waals surface area contributed by atoms with Crippen LogP contribution in [0.5, 0.6) is 0 Å². The van der Waals surface area contributed by atoms with Crippen molar-refractivity contribution in [3.05, 3.63) is 40.6 Å². The quantitative estimate of drug-likeness (QED) is 0.619. The Bertz CT molecular complexity index is 875. The summed E-state index contributed by atoms with van der Waals surface area (Å²) in [5.41, 5.74) is 2.40. The molecular weight excluding hydrogens is 350 g/mol. The molecule has 3 nitrogen and oxygen atoms in total. The molecule has 4 heteroatoms. The molecule has 23 heavy (non-hydrogen) atoms. The lowest BCUT2D eigenvalue weighted by molar-refractivity contribution is 0.117. The van der Waals surface area contributed by atoms with Crippen molar-refractivity contribution in [3.8, 4) is 0 Å². The van der Waals surface area contributed by atoms with Gasteiger partial charge in [-0.1, -0.05) is 28.1 Å². The Labute approximate surface area is 145 Å². The Balaban J connectivity index is 1.84. The normalized spacial score (nSPS) is 19.9. The lowest BCUT2D eigenvalue weighted by Gasteiger charge is -2.36. The van der Waals surface area contributed by atoms with Crippen LogP contribution in [0.2, 0.25) is 0 Å². The molecule has 2 aromatic carbocycles. The van der Waals surface area contributed by atoms with E-state index in [1.165, 1.54) is 23.6 Å². The highest BCUT2D eigenvalue weighted by atomic mass is 79.9. The smallest absolute Gasteiger partial charge is 0.124 e. The molecule has 2 heterocycles. The third-order valence-electron chi connectivity index (χ3n) is 4.88. The number of rotatable bonds is 1. The maximum absolute atomic E-state index is 5.00.